The number of carbonyl (C=O) groups is 1. The Bertz CT molecular complexity index is 244. The molecule has 0 aliphatic carbocycles. The zero-order chi connectivity index (χ0) is 7.56. The van der Waals surface area contributed by atoms with Crippen LogP contribution in [0.3, 0.4) is 0 Å². The largest absolute Gasteiger partial charge is 0.366 e. The summed E-state index contributed by atoms with van der Waals surface area (Å²) in [6.45, 7) is 0. The lowest BCUT2D eigenvalue weighted by molar-refractivity contribution is 0.0998. The van der Waals surface area contributed by atoms with Gasteiger partial charge in [0, 0.05) is 0 Å². The van der Waals surface area contributed by atoms with Crippen molar-refractivity contribution in [1.29, 1.82) is 0 Å². The van der Waals surface area contributed by atoms with E-state index in [4.69, 9.17) is 5.73 Å². The van der Waals surface area contributed by atoms with Crippen LogP contribution in [0.4, 0.5) is 0 Å². The van der Waals surface area contributed by atoms with Crippen LogP contribution in [0.15, 0.2) is 15.7 Å². The minimum absolute atomic E-state index is 0.342. The molecule has 1 rings (SSSR count). The molecular weight excluding hydrogens is 166 g/mol. The average molecular weight is 173 g/mol. The number of primary amides is 1. The van der Waals surface area contributed by atoms with Crippen LogP contribution in [-0.2, 0) is 0 Å². The molecule has 0 saturated heterocycles. The number of nitrogens with two attached hydrogens (primary N) is 1. The smallest absolute Gasteiger partial charge is 0.250 e. The van der Waals surface area contributed by atoms with Crippen molar-refractivity contribution >= 4 is 29.0 Å². The lowest BCUT2D eigenvalue weighted by Crippen LogP contribution is -2.10. The molecule has 4 heteroatoms. The highest BCUT2D eigenvalue weighted by Crippen LogP contribution is 2.25. The van der Waals surface area contributed by atoms with Gasteiger partial charge in [-0.25, -0.2) is 0 Å². The van der Waals surface area contributed by atoms with Gasteiger partial charge in [0.15, 0.2) is 0 Å². The number of amides is 1. The van der Waals surface area contributed by atoms with E-state index >= 15 is 0 Å². The van der Waals surface area contributed by atoms with E-state index in [2.05, 4.69) is 0 Å². The van der Waals surface area contributed by atoms with Gasteiger partial charge in [0.2, 0.25) is 0 Å². The van der Waals surface area contributed by atoms with Crippen molar-refractivity contribution in [2.24, 2.45) is 5.73 Å². The summed E-state index contributed by atoms with van der Waals surface area (Å²) in [6.07, 6.45) is 1.93. The normalized spacial score (nSPS) is 9.70. The Balaban J connectivity index is 3.01. The van der Waals surface area contributed by atoms with Crippen molar-refractivity contribution in [2.45, 2.75) is 4.21 Å². The summed E-state index contributed by atoms with van der Waals surface area (Å²) in [4.78, 5) is 10.7. The number of hydrogen-bond acceptors (Lipinski definition) is 3. The molecule has 0 atom stereocenters. The Morgan fingerprint density at radius 3 is 2.90 bits per heavy atom. The molecule has 1 amide bonds. The zero-order valence-corrected chi connectivity index (χ0v) is 7.09. The summed E-state index contributed by atoms with van der Waals surface area (Å²) >= 11 is 3.09. The lowest BCUT2D eigenvalue weighted by atomic mass is 10.3. The van der Waals surface area contributed by atoms with Gasteiger partial charge in [-0.2, -0.15) is 0 Å². The van der Waals surface area contributed by atoms with Gasteiger partial charge in [0.25, 0.3) is 5.91 Å². The fourth-order valence-corrected chi connectivity index (χ4v) is 2.20. The van der Waals surface area contributed by atoms with Crippen LogP contribution in [0.5, 0.6) is 0 Å². The summed E-state index contributed by atoms with van der Waals surface area (Å²) in [5.74, 6) is -0.342. The maximum absolute atomic E-state index is 10.7. The second kappa shape index (κ2) is 3.07. The van der Waals surface area contributed by atoms with Crippen molar-refractivity contribution in [3.05, 3.63) is 17.0 Å². The number of thiophene rings is 1. The van der Waals surface area contributed by atoms with Gasteiger partial charge in [-0.1, -0.05) is 0 Å². The van der Waals surface area contributed by atoms with Crippen molar-refractivity contribution in [2.75, 3.05) is 6.26 Å². The monoisotopic (exact) mass is 173 g/mol. The van der Waals surface area contributed by atoms with E-state index in [1.54, 1.807) is 17.8 Å². The minimum atomic E-state index is -0.342. The molecular formula is C6H7NOS2. The maximum atomic E-state index is 10.7. The fraction of sp³-hybridized carbons (Fsp3) is 0.167. The standard InChI is InChI=1S/C6H7NOS2/c1-9-6-4(5(7)8)2-3-10-6/h2-3H,1H3,(H2,7,8). The molecule has 0 saturated carbocycles. The third kappa shape index (κ3) is 1.33. The molecule has 2 nitrogen and oxygen atoms in total. The second-order valence-electron chi connectivity index (χ2n) is 1.69. The fourth-order valence-electron chi connectivity index (χ4n) is 0.636. The molecule has 0 spiro atoms. The molecule has 0 aliphatic rings. The predicted molar refractivity (Wildman–Crippen MR) is 44.6 cm³/mol. The Kier molecular flexibility index (Phi) is 2.34. The summed E-state index contributed by atoms with van der Waals surface area (Å²) in [7, 11) is 0. The van der Waals surface area contributed by atoms with Crippen LogP contribution < -0.4 is 5.73 Å². The van der Waals surface area contributed by atoms with Crippen LogP contribution >= 0.6 is 23.1 Å². The predicted octanol–water partition coefficient (Wildman–Crippen LogP) is 1.57. The Morgan fingerprint density at radius 2 is 2.50 bits per heavy atom. The van der Waals surface area contributed by atoms with Gasteiger partial charge in [-0.05, 0) is 17.7 Å². The lowest BCUT2D eigenvalue weighted by Gasteiger charge is -1.92. The van der Waals surface area contributed by atoms with Crippen LogP contribution in [-0.4, -0.2) is 12.2 Å². The molecule has 54 valence electrons. The Labute approximate surface area is 67.4 Å². The average Bonchev–Trinajstić information content (AvgIpc) is 2.33. The number of thioether (sulfide) groups is 1. The zero-order valence-electron chi connectivity index (χ0n) is 5.46. The molecule has 1 aromatic heterocycles. The maximum Gasteiger partial charge on any atom is 0.250 e. The van der Waals surface area contributed by atoms with E-state index in [1.807, 2.05) is 11.6 Å². The van der Waals surface area contributed by atoms with E-state index < -0.39 is 0 Å². The summed E-state index contributed by atoms with van der Waals surface area (Å²) in [5.41, 5.74) is 5.73. The van der Waals surface area contributed by atoms with Gasteiger partial charge < -0.3 is 5.73 Å². The van der Waals surface area contributed by atoms with Crippen molar-refractivity contribution < 1.29 is 4.79 Å². The number of rotatable bonds is 2. The molecule has 1 aromatic rings. The molecule has 0 radical (unpaired) electrons. The molecule has 0 aliphatic heterocycles. The van der Waals surface area contributed by atoms with E-state index in [0.29, 0.717) is 5.56 Å². The first-order chi connectivity index (χ1) is 4.75. The third-order valence-electron chi connectivity index (χ3n) is 1.08. The molecule has 0 fully saturated rings. The van der Waals surface area contributed by atoms with Gasteiger partial charge >= 0.3 is 0 Å². The molecule has 1 heterocycles. The topological polar surface area (TPSA) is 43.1 Å². The first-order valence-electron chi connectivity index (χ1n) is 2.67. The van der Waals surface area contributed by atoms with Crippen LogP contribution in [0, 0.1) is 0 Å². The first-order valence-corrected chi connectivity index (χ1v) is 4.77. The minimum Gasteiger partial charge on any atom is -0.366 e. The molecule has 0 aromatic carbocycles. The summed E-state index contributed by atoms with van der Waals surface area (Å²) in [6, 6.07) is 1.75. The third-order valence-corrected chi connectivity index (χ3v) is 3.17. The SMILES string of the molecule is CSc1sccc1C(N)=O. The van der Waals surface area contributed by atoms with Crippen molar-refractivity contribution in [3.63, 3.8) is 0 Å². The summed E-state index contributed by atoms with van der Waals surface area (Å²) in [5, 5.41) is 1.87. The van der Waals surface area contributed by atoms with Crippen LogP contribution in [0.2, 0.25) is 0 Å². The summed E-state index contributed by atoms with van der Waals surface area (Å²) < 4.78 is 0.993. The number of carbonyl (C=O) groups excluding carboxylic acids is 1. The molecule has 10 heavy (non-hydrogen) atoms. The molecule has 2 N–H and O–H groups in total. The molecule has 0 unspecified atom stereocenters. The van der Waals surface area contributed by atoms with Gasteiger partial charge in [0.05, 0.1) is 9.77 Å². The molecule has 0 bridgehead atoms. The van der Waals surface area contributed by atoms with E-state index in [0.717, 1.165) is 4.21 Å². The van der Waals surface area contributed by atoms with Gasteiger partial charge in [-0.3, -0.25) is 4.79 Å². The first kappa shape index (κ1) is 7.63. The second-order valence-corrected chi connectivity index (χ2v) is 3.68. The van der Waals surface area contributed by atoms with Crippen LogP contribution in [0.25, 0.3) is 0 Å². The van der Waals surface area contributed by atoms with E-state index in [-0.39, 0.29) is 5.91 Å². The quantitative estimate of drug-likeness (QED) is 0.690. The highest BCUT2D eigenvalue weighted by molar-refractivity contribution is 8.00. The highest BCUT2D eigenvalue weighted by Gasteiger charge is 2.06. The van der Waals surface area contributed by atoms with Crippen molar-refractivity contribution in [1.82, 2.24) is 0 Å². The van der Waals surface area contributed by atoms with Crippen molar-refractivity contribution in [3.8, 4) is 0 Å². The number of hydrogen-bond donors (Lipinski definition) is 1. The highest BCUT2D eigenvalue weighted by atomic mass is 32.2. The van der Waals surface area contributed by atoms with Gasteiger partial charge in [-0.15, -0.1) is 23.1 Å². The van der Waals surface area contributed by atoms with E-state index in [1.165, 1.54) is 11.3 Å². The van der Waals surface area contributed by atoms with Crippen LogP contribution in [0.1, 0.15) is 10.4 Å². The Morgan fingerprint density at radius 1 is 1.80 bits per heavy atom. The van der Waals surface area contributed by atoms with E-state index in [9.17, 15) is 4.79 Å². The Hall–Kier alpha value is -0.480. The van der Waals surface area contributed by atoms with Gasteiger partial charge in [0.1, 0.15) is 0 Å².